The second-order valence-corrected chi connectivity index (χ2v) is 4.34. The molecule has 1 N–H and O–H groups in total. The zero-order valence-corrected chi connectivity index (χ0v) is 12.9. The molecule has 119 valence electrons. The Kier molecular flexibility index (Phi) is 9.71. The molecule has 0 saturated heterocycles. The Balaban J connectivity index is 2.34. The quantitative estimate of drug-likeness (QED) is 0.455. The summed E-state index contributed by atoms with van der Waals surface area (Å²) in [5.41, 5.74) is 1.15. The van der Waals surface area contributed by atoms with E-state index in [9.17, 15) is 9.90 Å². The zero-order chi connectivity index (χ0) is 16.8. The van der Waals surface area contributed by atoms with Gasteiger partial charge in [0.1, 0.15) is 13.2 Å². The molecule has 0 amide bonds. The van der Waals surface area contributed by atoms with Crippen LogP contribution in [0.4, 0.5) is 0 Å². The Hall–Kier alpha value is -2.53. The number of carboxylic acid groups (broad SMARTS) is 1. The SMILES string of the molecule is [CH2]COCC#CC#CCOCCC(=Cc1ccccc1)C(=O)O. The molecule has 0 spiro atoms. The van der Waals surface area contributed by atoms with Gasteiger partial charge in [0.05, 0.1) is 6.61 Å². The Labute approximate surface area is 137 Å². The lowest BCUT2D eigenvalue weighted by atomic mass is 10.1. The topological polar surface area (TPSA) is 55.8 Å². The Morgan fingerprint density at radius 2 is 1.78 bits per heavy atom. The van der Waals surface area contributed by atoms with E-state index in [1.165, 1.54) is 0 Å². The van der Waals surface area contributed by atoms with Gasteiger partial charge in [0.25, 0.3) is 0 Å². The summed E-state index contributed by atoms with van der Waals surface area (Å²) in [5, 5.41) is 9.19. The lowest BCUT2D eigenvalue weighted by Crippen LogP contribution is -2.05. The molecule has 0 heterocycles. The maximum atomic E-state index is 11.2. The van der Waals surface area contributed by atoms with Crippen LogP contribution < -0.4 is 0 Å². The largest absolute Gasteiger partial charge is 0.478 e. The fourth-order valence-corrected chi connectivity index (χ4v) is 1.58. The predicted octanol–water partition coefficient (Wildman–Crippen LogP) is 2.42. The molecule has 0 aliphatic heterocycles. The van der Waals surface area contributed by atoms with Crippen LogP contribution in [-0.2, 0) is 14.3 Å². The highest BCUT2D eigenvalue weighted by molar-refractivity contribution is 5.92. The second kappa shape index (κ2) is 12.1. The highest BCUT2D eigenvalue weighted by atomic mass is 16.5. The van der Waals surface area contributed by atoms with Gasteiger partial charge >= 0.3 is 5.97 Å². The molecule has 4 heteroatoms. The summed E-state index contributed by atoms with van der Waals surface area (Å²) >= 11 is 0. The van der Waals surface area contributed by atoms with E-state index in [4.69, 9.17) is 9.47 Å². The lowest BCUT2D eigenvalue weighted by molar-refractivity contribution is -0.132. The molecule has 1 rings (SSSR count). The normalized spacial score (nSPS) is 10.2. The van der Waals surface area contributed by atoms with Crippen molar-refractivity contribution in [3.05, 3.63) is 48.4 Å². The van der Waals surface area contributed by atoms with Crippen molar-refractivity contribution in [2.45, 2.75) is 6.42 Å². The first-order valence-electron chi connectivity index (χ1n) is 7.13. The highest BCUT2D eigenvalue weighted by Crippen LogP contribution is 2.10. The number of carbonyl (C=O) groups is 1. The minimum absolute atomic E-state index is 0.211. The molecule has 0 aliphatic carbocycles. The smallest absolute Gasteiger partial charge is 0.331 e. The van der Waals surface area contributed by atoms with Crippen molar-refractivity contribution in [2.75, 3.05) is 26.4 Å². The van der Waals surface area contributed by atoms with Crippen molar-refractivity contribution < 1.29 is 19.4 Å². The van der Waals surface area contributed by atoms with Crippen LogP contribution in [0.1, 0.15) is 12.0 Å². The molecule has 0 unspecified atom stereocenters. The van der Waals surface area contributed by atoms with Gasteiger partial charge in [-0.25, -0.2) is 4.79 Å². The Bertz CT molecular complexity index is 624. The predicted molar refractivity (Wildman–Crippen MR) is 89.2 cm³/mol. The standard InChI is InChI=1S/C19H19O4/c1-2-22-13-8-3-4-9-14-23-15-12-18(19(20)21)16-17-10-6-5-7-11-17/h5-7,10-11,16H,1-2,12-15H2,(H,20,21). The van der Waals surface area contributed by atoms with E-state index in [0.717, 1.165) is 5.56 Å². The van der Waals surface area contributed by atoms with E-state index in [0.29, 0.717) is 25.2 Å². The molecule has 1 radical (unpaired) electrons. The molecule has 0 bridgehead atoms. The second-order valence-electron chi connectivity index (χ2n) is 4.34. The van der Waals surface area contributed by atoms with Gasteiger partial charge in [0.15, 0.2) is 0 Å². The molecule has 1 aromatic rings. The van der Waals surface area contributed by atoms with Crippen LogP contribution in [0.2, 0.25) is 0 Å². The van der Waals surface area contributed by atoms with Crippen LogP contribution in [0.25, 0.3) is 6.08 Å². The fraction of sp³-hybridized carbons (Fsp3) is 0.263. The van der Waals surface area contributed by atoms with E-state index in [1.807, 2.05) is 30.3 Å². The minimum Gasteiger partial charge on any atom is -0.478 e. The number of hydrogen-bond acceptors (Lipinski definition) is 3. The summed E-state index contributed by atoms with van der Waals surface area (Å²) in [6, 6.07) is 9.31. The summed E-state index contributed by atoms with van der Waals surface area (Å²) in [6.45, 7) is 4.71. The lowest BCUT2D eigenvalue weighted by Gasteiger charge is -2.03. The summed E-state index contributed by atoms with van der Waals surface area (Å²) < 4.78 is 10.2. The summed E-state index contributed by atoms with van der Waals surface area (Å²) in [7, 11) is 0. The molecule has 0 fully saturated rings. The molecule has 1 aromatic carbocycles. The van der Waals surface area contributed by atoms with Crippen molar-refractivity contribution in [3.8, 4) is 23.7 Å². The molecule has 0 atom stereocenters. The number of carboxylic acids is 1. The molecular formula is C19H19O4. The third-order valence-corrected chi connectivity index (χ3v) is 2.66. The van der Waals surface area contributed by atoms with Crippen molar-refractivity contribution in [1.82, 2.24) is 0 Å². The van der Waals surface area contributed by atoms with Gasteiger partial charge in [-0.3, -0.25) is 0 Å². The maximum Gasteiger partial charge on any atom is 0.331 e. The van der Waals surface area contributed by atoms with Crippen molar-refractivity contribution in [3.63, 3.8) is 0 Å². The summed E-state index contributed by atoms with van der Waals surface area (Å²) in [6.07, 6.45) is 1.96. The number of aliphatic carboxylic acids is 1. The van der Waals surface area contributed by atoms with Crippen LogP contribution in [0.15, 0.2) is 35.9 Å². The third-order valence-electron chi connectivity index (χ3n) is 2.66. The van der Waals surface area contributed by atoms with Crippen molar-refractivity contribution >= 4 is 12.0 Å². The van der Waals surface area contributed by atoms with E-state index in [1.54, 1.807) is 6.08 Å². The van der Waals surface area contributed by atoms with E-state index in [-0.39, 0.29) is 13.2 Å². The number of rotatable bonds is 8. The minimum atomic E-state index is -0.945. The summed E-state index contributed by atoms with van der Waals surface area (Å²) in [5.74, 6) is 9.74. The summed E-state index contributed by atoms with van der Waals surface area (Å²) in [4.78, 5) is 11.2. The van der Waals surface area contributed by atoms with E-state index >= 15 is 0 Å². The fourth-order valence-electron chi connectivity index (χ4n) is 1.58. The molecule has 0 aliphatic rings. The van der Waals surface area contributed by atoms with Gasteiger partial charge in [-0.15, -0.1) is 0 Å². The Morgan fingerprint density at radius 3 is 2.39 bits per heavy atom. The monoisotopic (exact) mass is 311 g/mol. The van der Waals surface area contributed by atoms with E-state index in [2.05, 4.69) is 30.6 Å². The highest BCUT2D eigenvalue weighted by Gasteiger charge is 2.06. The first-order chi connectivity index (χ1) is 11.2. The first-order valence-corrected chi connectivity index (χ1v) is 7.13. The molecule has 0 saturated carbocycles. The van der Waals surface area contributed by atoms with Crippen LogP contribution in [0.5, 0.6) is 0 Å². The first kappa shape index (κ1) is 18.5. The van der Waals surface area contributed by atoms with Crippen molar-refractivity contribution in [2.24, 2.45) is 0 Å². The van der Waals surface area contributed by atoms with Crippen LogP contribution in [0, 0.1) is 30.6 Å². The van der Waals surface area contributed by atoms with Gasteiger partial charge < -0.3 is 14.6 Å². The molecular weight excluding hydrogens is 292 g/mol. The number of hydrogen-bond donors (Lipinski definition) is 1. The third kappa shape index (κ3) is 9.16. The van der Waals surface area contributed by atoms with Crippen LogP contribution >= 0.6 is 0 Å². The number of benzene rings is 1. The van der Waals surface area contributed by atoms with Gasteiger partial charge in [-0.2, -0.15) is 0 Å². The Morgan fingerprint density at radius 1 is 1.13 bits per heavy atom. The van der Waals surface area contributed by atoms with Crippen molar-refractivity contribution in [1.29, 1.82) is 0 Å². The van der Waals surface area contributed by atoms with E-state index < -0.39 is 5.97 Å². The van der Waals surface area contributed by atoms with Gasteiger partial charge in [-0.1, -0.05) is 42.2 Å². The van der Waals surface area contributed by atoms with Gasteiger partial charge in [-0.05, 0) is 30.4 Å². The number of ether oxygens (including phenoxy) is 2. The molecule has 4 nitrogen and oxygen atoms in total. The van der Waals surface area contributed by atoms with Gasteiger partial charge in [0.2, 0.25) is 0 Å². The average molecular weight is 311 g/mol. The average Bonchev–Trinajstić information content (AvgIpc) is 2.56. The van der Waals surface area contributed by atoms with Crippen LogP contribution in [-0.4, -0.2) is 37.5 Å². The van der Waals surface area contributed by atoms with Gasteiger partial charge in [0, 0.05) is 18.6 Å². The maximum absolute atomic E-state index is 11.2. The zero-order valence-electron chi connectivity index (χ0n) is 12.9. The van der Waals surface area contributed by atoms with Crippen LogP contribution in [0.3, 0.4) is 0 Å². The molecule has 23 heavy (non-hydrogen) atoms. The molecule has 0 aromatic heterocycles.